The third-order valence-corrected chi connectivity index (χ3v) is 5.30. The van der Waals surface area contributed by atoms with Gasteiger partial charge in [0.2, 0.25) is 11.8 Å². The lowest BCUT2D eigenvalue weighted by Crippen LogP contribution is -2.47. The molecule has 5 heteroatoms. The summed E-state index contributed by atoms with van der Waals surface area (Å²) in [5.74, 6) is 1.69. The minimum absolute atomic E-state index is 0.751. The molecule has 1 aliphatic heterocycles. The van der Waals surface area contributed by atoms with Gasteiger partial charge in [-0.1, -0.05) is 31.5 Å². The summed E-state index contributed by atoms with van der Waals surface area (Å²) in [5, 5.41) is 0. The van der Waals surface area contributed by atoms with Gasteiger partial charge in [0.1, 0.15) is 0 Å². The first-order valence-corrected chi connectivity index (χ1v) is 9.92. The van der Waals surface area contributed by atoms with E-state index in [0.29, 0.717) is 0 Å². The maximum Gasteiger partial charge on any atom is 0.229 e. The molecule has 1 aromatic carbocycles. The van der Waals surface area contributed by atoms with Crippen LogP contribution in [-0.4, -0.2) is 42.8 Å². The van der Waals surface area contributed by atoms with Crippen LogP contribution in [-0.2, 0) is 12.8 Å². The van der Waals surface area contributed by atoms with Gasteiger partial charge in [0, 0.05) is 37.4 Å². The Morgan fingerprint density at radius 2 is 1.73 bits per heavy atom. The Hall–Kier alpha value is -2.30. The Morgan fingerprint density at radius 3 is 2.50 bits per heavy atom. The van der Waals surface area contributed by atoms with Crippen LogP contribution in [0.4, 0.5) is 11.6 Å². The van der Waals surface area contributed by atoms with E-state index in [1.54, 1.807) is 0 Å². The van der Waals surface area contributed by atoms with E-state index in [9.17, 15) is 0 Å². The van der Waals surface area contributed by atoms with Crippen LogP contribution >= 0.6 is 0 Å². The Balaban J connectivity index is 1.47. The normalized spacial score (nSPS) is 16.7. The van der Waals surface area contributed by atoms with E-state index >= 15 is 0 Å². The van der Waals surface area contributed by atoms with Crippen molar-refractivity contribution >= 4 is 11.6 Å². The van der Waals surface area contributed by atoms with Gasteiger partial charge < -0.3 is 14.5 Å². The molecule has 26 heavy (non-hydrogen) atoms. The van der Waals surface area contributed by atoms with Gasteiger partial charge in [-0.15, -0.1) is 0 Å². The molecule has 138 valence electrons. The molecule has 0 atom stereocenters. The molecule has 0 N–H and O–H groups in total. The largest absolute Gasteiger partial charge is 0.477 e. The maximum atomic E-state index is 6.02. The zero-order chi connectivity index (χ0) is 17.8. The van der Waals surface area contributed by atoms with Gasteiger partial charge in [0.25, 0.3) is 0 Å². The number of hydrogen-bond donors (Lipinski definition) is 0. The van der Waals surface area contributed by atoms with Gasteiger partial charge in [0.05, 0.1) is 12.3 Å². The molecule has 0 saturated carbocycles. The fourth-order valence-corrected chi connectivity index (χ4v) is 3.76. The molecule has 1 fully saturated rings. The molecule has 0 unspecified atom stereocenters. The van der Waals surface area contributed by atoms with E-state index in [-0.39, 0.29) is 0 Å². The fraction of sp³-hybridized carbons (Fsp3) is 0.524. The van der Waals surface area contributed by atoms with Crippen molar-refractivity contribution in [2.75, 3.05) is 42.6 Å². The van der Waals surface area contributed by atoms with Crippen molar-refractivity contribution in [3.05, 3.63) is 41.6 Å². The van der Waals surface area contributed by atoms with Crippen molar-refractivity contribution < 1.29 is 4.74 Å². The molecule has 1 saturated heterocycles. The Morgan fingerprint density at radius 1 is 0.962 bits per heavy atom. The summed E-state index contributed by atoms with van der Waals surface area (Å²) < 4.78 is 6.02. The lowest BCUT2D eigenvalue weighted by Gasteiger charge is -2.36. The Kier molecular flexibility index (Phi) is 5.23. The average molecular weight is 352 g/mol. The molecular weight excluding hydrogens is 324 g/mol. The summed E-state index contributed by atoms with van der Waals surface area (Å²) in [6.07, 6.45) is 5.49. The summed E-state index contributed by atoms with van der Waals surface area (Å²) in [4.78, 5) is 14.4. The van der Waals surface area contributed by atoms with Crippen molar-refractivity contribution in [1.29, 1.82) is 0 Å². The van der Waals surface area contributed by atoms with Gasteiger partial charge >= 0.3 is 0 Å². The van der Waals surface area contributed by atoms with Crippen LogP contribution in [0, 0.1) is 0 Å². The molecular formula is C21H28N4O. The lowest BCUT2D eigenvalue weighted by atomic mass is 10.2. The minimum Gasteiger partial charge on any atom is -0.477 e. The number of para-hydroxylation sites is 1. The van der Waals surface area contributed by atoms with Crippen LogP contribution in [0.25, 0.3) is 0 Å². The quantitative estimate of drug-likeness (QED) is 0.745. The van der Waals surface area contributed by atoms with Crippen molar-refractivity contribution in [3.63, 3.8) is 0 Å². The van der Waals surface area contributed by atoms with Crippen molar-refractivity contribution in [1.82, 2.24) is 9.97 Å². The Labute approximate surface area is 156 Å². The van der Waals surface area contributed by atoms with Crippen LogP contribution in [0.15, 0.2) is 30.3 Å². The van der Waals surface area contributed by atoms with Gasteiger partial charge in [-0.05, 0) is 37.8 Å². The van der Waals surface area contributed by atoms with Gasteiger partial charge in [-0.3, -0.25) is 0 Å². The molecule has 0 spiro atoms. The van der Waals surface area contributed by atoms with Gasteiger partial charge in [-0.2, -0.15) is 4.98 Å². The van der Waals surface area contributed by atoms with E-state index in [4.69, 9.17) is 14.7 Å². The number of ether oxygens (including phenoxy) is 1. The molecule has 4 rings (SSSR count). The summed E-state index contributed by atoms with van der Waals surface area (Å²) in [6.45, 7) is 6.82. The van der Waals surface area contributed by atoms with E-state index in [1.807, 2.05) is 0 Å². The number of rotatable bonds is 6. The number of nitrogens with zero attached hydrogens (tertiary/aromatic N) is 4. The van der Waals surface area contributed by atoms with Crippen LogP contribution < -0.4 is 14.5 Å². The van der Waals surface area contributed by atoms with E-state index in [2.05, 4.69) is 47.1 Å². The highest BCUT2D eigenvalue weighted by atomic mass is 16.5. The van der Waals surface area contributed by atoms with Gasteiger partial charge in [-0.25, -0.2) is 4.98 Å². The van der Waals surface area contributed by atoms with Crippen LogP contribution in [0.1, 0.15) is 37.4 Å². The van der Waals surface area contributed by atoms with E-state index in [0.717, 1.165) is 70.3 Å². The third kappa shape index (κ3) is 3.62. The minimum atomic E-state index is 0.751. The van der Waals surface area contributed by atoms with Crippen molar-refractivity contribution in [2.24, 2.45) is 0 Å². The second kappa shape index (κ2) is 7.94. The summed E-state index contributed by atoms with van der Waals surface area (Å²) >= 11 is 0. The number of piperazine rings is 1. The number of benzene rings is 1. The molecule has 5 nitrogen and oxygen atoms in total. The highest BCUT2D eigenvalue weighted by Crippen LogP contribution is 2.30. The monoisotopic (exact) mass is 352 g/mol. The highest BCUT2D eigenvalue weighted by Gasteiger charge is 2.25. The smallest absolute Gasteiger partial charge is 0.229 e. The maximum absolute atomic E-state index is 6.02. The molecule has 1 aliphatic carbocycles. The number of fused-ring (bicyclic) bond motifs is 1. The van der Waals surface area contributed by atoms with E-state index in [1.165, 1.54) is 23.4 Å². The molecule has 2 heterocycles. The molecule has 1 aromatic heterocycles. The number of aryl methyl sites for hydroxylation is 1. The molecule has 0 bridgehead atoms. The highest BCUT2D eigenvalue weighted by molar-refractivity contribution is 5.49. The molecule has 0 radical (unpaired) electrons. The second-order valence-corrected chi connectivity index (χ2v) is 7.12. The van der Waals surface area contributed by atoms with Gasteiger partial charge in [0.15, 0.2) is 0 Å². The first-order chi connectivity index (χ1) is 12.8. The lowest BCUT2D eigenvalue weighted by molar-refractivity contribution is 0.294. The molecule has 2 aromatic rings. The number of aromatic nitrogens is 2. The first-order valence-electron chi connectivity index (χ1n) is 9.92. The summed E-state index contributed by atoms with van der Waals surface area (Å²) in [5.41, 5.74) is 3.74. The van der Waals surface area contributed by atoms with Crippen LogP contribution in [0.2, 0.25) is 0 Å². The molecule has 2 aliphatic rings. The fourth-order valence-electron chi connectivity index (χ4n) is 3.76. The number of unbranched alkanes of at least 4 members (excludes halogenated alkanes) is 1. The first kappa shape index (κ1) is 17.1. The number of anilines is 2. The third-order valence-electron chi connectivity index (χ3n) is 5.30. The summed E-state index contributed by atoms with van der Waals surface area (Å²) in [6, 6.07) is 10.6. The SMILES string of the molecule is CCCCOc1nc(N2CCN(c3ccccc3)CC2)nc2c1CCC2. The number of hydrogen-bond acceptors (Lipinski definition) is 5. The topological polar surface area (TPSA) is 41.5 Å². The Bertz CT molecular complexity index is 726. The zero-order valence-corrected chi connectivity index (χ0v) is 15.7. The predicted octanol–water partition coefficient (Wildman–Crippen LogP) is 3.47. The second-order valence-electron chi connectivity index (χ2n) is 7.12. The summed E-state index contributed by atoms with van der Waals surface area (Å²) in [7, 11) is 0. The van der Waals surface area contributed by atoms with E-state index < -0.39 is 0 Å². The van der Waals surface area contributed by atoms with Crippen molar-refractivity contribution in [2.45, 2.75) is 39.0 Å². The van der Waals surface area contributed by atoms with Crippen LogP contribution in [0.5, 0.6) is 5.88 Å². The standard InChI is InChI=1S/C21H28N4O/c1-2-3-16-26-20-18-10-7-11-19(18)22-21(23-20)25-14-12-24(13-15-25)17-8-5-4-6-9-17/h4-6,8-9H,2-3,7,10-16H2,1H3. The van der Waals surface area contributed by atoms with Crippen molar-refractivity contribution in [3.8, 4) is 5.88 Å². The zero-order valence-electron chi connectivity index (χ0n) is 15.7. The average Bonchev–Trinajstić information content (AvgIpc) is 3.18. The molecule has 0 amide bonds. The predicted molar refractivity (Wildman–Crippen MR) is 105 cm³/mol. The van der Waals surface area contributed by atoms with Crippen LogP contribution in [0.3, 0.4) is 0 Å².